The smallest absolute Gasteiger partial charge is 0.263 e. The highest BCUT2D eigenvalue weighted by Crippen LogP contribution is 2.36. The molecular formula is C19H25N3O2S2. The van der Waals surface area contributed by atoms with E-state index in [1.54, 1.807) is 15.9 Å². The van der Waals surface area contributed by atoms with Gasteiger partial charge in [-0.15, -0.1) is 11.3 Å². The van der Waals surface area contributed by atoms with Crippen molar-refractivity contribution in [2.24, 2.45) is 5.92 Å². The minimum Gasteiger partial charge on any atom is -0.342 e. The normalized spacial score (nSPS) is 19.9. The van der Waals surface area contributed by atoms with Gasteiger partial charge in [0.15, 0.2) is 5.16 Å². The van der Waals surface area contributed by atoms with Crippen molar-refractivity contribution in [3.05, 3.63) is 20.8 Å². The Morgan fingerprint density at radius 1 is 1.35 bits per heavy atom. The molecule has 0 spiro atoms. The largest absolute Gasteiger partial charge is 0.342 e. The van der Waals surface area contributed by atoms with Gasteiger partial charge in [0, 0.05) is 24.5 Å². The summed E-state index contributed by atoms with van der Waals surface area (Å²) in [5.74, 6) is 1.19. The van der Waals surface area contributed by atoms with Crippen molar-refractivity contribution in [3.8, 4) is 0 Å². The maximum absolute atomic E-state index is 13.1. The molecule has 7 heteroatoms. The SMILES string of the molecule is CCn1c(SCC(=O)N2CCCC2)nc2sc3c(c2c1=O)CC[C@H](C)C3. The predicted molar refractivity (Wildman–Crippen MR) is 107 cm³/mol. The zero-order valence-corrected chi connectivity index (χ0v) is 17.0. The predicted octanol–water partition coefficient (Wildman–Crippen LogP) is 3.32. The van der Waals surface area contributed by atoms with E-state index in [0.717, 1.165) is 55.4 Å². The summed E-state index contributed by atoms with van der Waals surface area (Å²) in [5, 5.41) is 1.51. The fourth-order valence-electron chi connectivity index (χ4n) is 3.98. The summed E-state index contributed by atoms with van der Waals surface area (Å²) < 4.78 is 1.75. The number of thiophene rings is 1. The number of amides is 1. The van der Waals surface area contributed by atoms with Crippen LogP contribution in [0.4, 0.5) is 0 Å². The second kappa shape index (κ2) is 7.35. The van der Waals surface area contributed by atoms with Gasteiger partial charge in [-0.2, -0.15) is 0 Å². The molecule has 2 aromatic rings. The van der Waals surface area contributed by atoms with Gasteiger partial charge in [-0.05, 0) is 50.5 Å². The standard InChI is InChI=1S/C19H25N3O2S2/c1-3-22-18(24)16-13-7-6-12(2)10-14(13)26-17(16)20-19(22)25-11-15(23)21-8-4-5-9-21/h12H,3-11H2,1-2H3/t12-/m0/s1. The lowest BCUT2D eigenvalue weighted by Gasteiger charge is -2.18. The van der Waals surface area contributed by atoms with E-state index >= 15 is 0 Å². The average molecular weight is 392 g/mol. The van der Waals surface area contributed by atoms with Crippen LogP contribution in [-0.2, 0) is 24.2 Å². The number of hydrogen-bond acceptors (Lipinski definition) is 5. The lowest BCUT2D eigenvalue weighted by molar-refractivity contribution is -0.127. The van der Waals surface area contributed by atoms with E-state index in [0.29, 0.717) is 23.4 Å². The maximum atomic E-state index is 13.1. The Balaban J connectivity index is 1.66. The first-order valence-electron chi connectivity index (χ1n) is 9.54. The molecule has 140 valence electrons. The van der Waals surface area contributed by atoms with E-state index in [-0.39, 0.29) is 11.5 Å². The zero-order valence-electron chi connectivity index (χ0n) is 15.4. The highest BCUT2D eigenvalue weighted by atomic mass is 32.2. The molecule has 4 rings (SSSR count). The van der Waals surface area contributed by atoms with Crippen LogP contribution >= 0.6 is 23.1 Å². The Kier molecular flexibility index (Phi) is 5.10. The van der Waals surface area contributed by atoms with Crippen molar-refractivity contribution >= 4 is 39.2 Å². The third-order valence-electron chi connectivity index (χ3n) is 5.48. The summed E-state index contributed by atoms with van der Waals surface area (Å²) in [6.45, 7) is 6.56. The summed E-state index contributed by atoms with van der Waals surface area (Å²) in [4.78, 5) is 34.4. The van der Waals surface area contributed by atoms with Crippen molar-refractivity contribution in [1.29, 1.82) is 0 Å². The molecule has 2 aromatic heterocycles. The van der Waals surface area contributed by atoms with Crippen LogP contribution in [0.5, 0.6) is 0 Å². The average Bonchev–Trinajstić information content (AvgIpc) is 3.26. The molecule has 1 aliphatic carbocycles. The van der Waals surface area contributed by atoms with Crippen LogP contribution in [0.1, 0.15) is 43.6 Å². The third kappa shape index (κ3) is 3.20. The molecule has 5 nitrogen and oxygen atoms in total. The first kappa shape index (κ1) is 18.0. The molecule has 1 amide bonds. The van der Waals surface area contributed by atoms with Gasteiger partial charge in [0.2, 0.25) is 5.91 Å². The lowest BCUT2D eigenvalue weighted by Crippen LogP contribution is -2.30. The van der Waals surface area contributed by atoms with Crippen LogP contribution in [0.2, 0.25) is 0 Å². The Hall–Kier alpha value is -1.34. The number of rotatable bonds is 4. The highest BCUT2D eigenvalue weighted by Gasteiger charge is 2.25. The molecule has 0 N–H and O–H groups in total. The van der Waals surface area contributed by atoms with Crippen LogP contribution < -0.4 is 5.56 Å². The quantitative estimate of drug-likeness (QED) is 0.593. The van der Waals surface area contributed by atoms with Crippen molar-refractivity contribution in [2.45, 2.75) is 57.7 Å². The Bertz CT molecular complexity index is 896. The summed E-state index contributed by atoms with van der Waals surface area (Å²) in [5.41, 5.74) is 1.30. The van der Waals surface area contributed by atoms with Gasteiger partial charge in [0.25, 0.3) is 5.56 Å². The highest BCUT2D eigenvalue weighted by molar-refractivity contribution is 7.99. The lowest BCUT2D eigenvalue weighted by atomic mass is 9.89. The Labute approximate surface area is 161 Å². The number of thioether (sulfide) groups is 1. The number of carbonyl (C=O) groups is 1. The molecule has 3 heterocycles. The molecule has 0 bridgehead atoms. The molecule has 26 heavy (non-hydrogen) atoms. The third-order valence-corrected chi connectivity index (χ3v) is 7.59. The fraction of sp³-hybridized carbons (Fsp3) is 0.632. The van der Waals surface area contributed by atoms with Gasteiger partial charge < -0.3 is 4.90 Å². The topological polar surface area (TPSA) is 55.2 Å². The van der Waals surface area contributed by atoms with Gasteiger partial charge in [-0.1, -0.05) is 18.7 Å². The second-order valence-corrected chi connectivity index (χ2v) is 9.38. The molecule has 1 fully saturated rings. The van der Waals surface area contributed by atoms with Crippen LogP contribution in [0, 0.1) is 5.92 Å². The first-order chi connectivity index (χ1) is 12.6. The van der Waals surface area contributed by atoms with Gasteiger partial charge in [0.1, 0.15) is 4.83 Å². The molecular weight excluding hydrogens is 366 g/mol. The number of aromatic nitrogens is 2. The first-order valence-corrected chi connectivity index (χ1v) is 11.3. The molecule has 1 aliphatic heterocycles. The van der Waals surface area contributed by atoms with E-state index in [1.165, 1.54) is 22.2 Å². The molecule has 2 aliphatic rings. The molecule has 1 saturated heterocycles. The van der Waals surface area contributed by atoms with E-state index in [4.69, 9.17) is 4.98 Å². The molecule has 0 radical (unpaired) electrons. The number of hydrogen-bond donors (Lipinski definition) is 0. The Morgan fingerprint density at radius 2 is 2.12 bits per heavy atom. The number of carbonyl (C=O) groups excluding carboxylic acids is 1. The number of nitrogens with zero attached hydrogens (tertiary/aromatic N) is 3. The zero-order chi connectivity index (χ0) is 18.3. The monoisotopic (exact) mass is 391 g/mol. The van der Waals surface area contributed by atoms with Crippen LogP contribution in [-0.4, -0.2) is 39.2 Å². The van der Waals surface area contributed by atoms with Crippen molar-refractivity contribution < 1.29 is 4.79 Å². The van der Waals surface area contributed by atoms with Crippen molar-refractivity contribution in [1.82, 2.24) is 14.5 Å². The summed E-state index contributed by atoms with van der Waals surface area (Å²) in [7, 11) is 0. The van der Waals surface area contributed by atoms with E-state index < -0.39 is 0 Å². The fourth-order valence-corrected chi connectivity index (χ4v) is 6.37. The maximum Gasteiger partial charge on any atom is 0.263 e. The van der Waals surface area contributed by atoms with Gasteiger partial charge in [-0.3, -0.25) is 14.2 Å². The Morgan fingerprint density at radius 3 is 2.85 bits per heavy atom. The van der Waals surface area contributed by atoms with Gasteiger partial charge in [-0.25, -0.2) is 4.98 Å². The van der Waals surface area contributed by atoms with Crippen molar-refractivity contribution in [3.63, 3.8) is 0 Å². The van der Waals surface area contributed by atoms with Crippen molar-refractivity contribution in [2.75, 3.05) is 18.8 Å². The van der Waals surface area contributed by atoms with Gasteiger partial charge in [0.05, 0.1) is 11.1 Å². The molecule has 1 atom stereocenters. The van der Waals surface area contributed by atoms with E-state index in [9.17, 15) is 9.59 Å². The minimum atomic E-state index is 0.0701. The number of aryl methyl sites for hydroxylation is 1. The number of fused-ring (bicyclic) bond motifs is 3. The van der Waals surface area contributed by atoms with Crippen LogP contribution in [0.25, 0.3) is 10.2 Å². The van der Waals surface area contributed by atoms with E-state index in [2.05, 4.69) is 6.92 Å². The summed E-state index contributed by atoms with van der Waals surface area (Å²) in [6.07, 6.45) is 5.37. The molecule has 0 aromatic carbocycles. The van der Waals surface area contributed by atoms with Crippen LogP contribution in [0.3, 0.4) is 0 Å². The second-order valence-electron chi connectivity index (χ2n) is 7.35. The summed E-state index contributed by atoms with van der Waals surface area (Å²) >= 11 is 3.09. The minimum absolute atomic E-state index is 0.0701. The summed E-state index contributed by atoms with van der Waals surface area (Å²) in [6, 6.07) is 0. The molecule has 0 unspecified atom stereocenters. The number of likely N-dealkylation sites (tertiary alicyclic amines) is 1. The molecule has 0 saturated carbocycles. The van der Waals surface area contributed by atoms with Gasteiger partial charge >= 0.3 is 0 Å². The van der Waals surface area contributed by atoms with E-state index in [1.807, 2.05) is 11.8 Å². The van der Waals surface area contributed by atoms with Crippen LogP contribution in [0.15, 0.2) is 9.95 Å².